The lowest BCUT2D eigenvalue weighted by atomic mass is 10.2. The van der Waals surface area contributed by atoms with Gasteiger partial charge in [0.05, 0.1) is 0 Å². The van der Waals surface area contributed by atoms with Crippen LogP contribution in [0.2, 0.25) is 0 Å². The van der Waals surface area contributed by atoms with Crippen molar-refractivity contribution < 1.29 is 0 Å². The van der Waals surface area contributed by atoms with E-state index in [4.69, 9.17) is 0 Å². The summed E-state index contributed by atoms with van der Waals surface area (Å²) in [5.74, 6) is 1.17. The van der Waals surface area contributed by atoms with Gasteiger partial charge in [0.2, 0.25) is 0 Å². The molecule has 0 atom stereocenters. The van der Waals surface area contributed by atoms with Crippen molar-refractivity contribution in [1.82, 2.24) is 9.88 Å². The maximum Gasteiger partial charge on any atom is 0.0483 e. The molecule has 0 aliphatic heterocycles. The molecule has 0 saturated carbocycles. The number of nitrogens with one attached hydrogen (secondary N) is 1. The van der Waals surface area contributed by atoms with Crippen molar-refractivity contribution in [3.05, 3.63) is 36.0 Å². The van der Waals surface area contributed by atoms with Gasteiger partial charge in [-0.25, -0.2) is 0 Å². The number of fused-ring (bicyclic) bond motifs is 1. The summed E-state index contributed by atoms with van der Waals surface area (Å²) in [5, 5.41) is 4.89. The van der Waals surface area contributed by atoms with Crippen molar-refractivity contribution >= 4 is 22.7 Å². The molecule has 0 amide bonds. The number of aromatic nitrogens is 1. The fourth-order valence-corrected chi connectivity index (χ4v) is 2.62. The van der Waals surface area contributed by atoms with Crippen molar-refractivity contribution in [2.45, 2.75) is 26.4 Å². The van der Waals surface area contributed by atoms with Gasteiger partial charge in [0.25, 0.3) is 0 Å². The van der Waals surface area contributed by atoms with E-state index < -0.39 is 0 Å². The van der Waals surface area contributed by atoms with Gasteiger partial charge in [-0.05, 0) is 30.9 Å². The molecular weight excluding hydrogens is 240 g/mol. The molecule has 1 heterocycles. The van der Waals surface area contributed by atoms with Crippen molar-refractivity contribution in [2.24, 2.45) is 0 Å². The summed E-state index contributed by atoms with van der Waals surface area (Å²) in [4.78, 5) is 0. The van der Waals surface area contributed by atoms with Gasteiger partial charge in [0, 0.05) is 35.9 Å². The quantitative estimate of drug-likeness (QED) is 0.769. The zero-order valence-corrected chi connectivity index (χ0v) is 12.1. The predicted molar refractivity (Wildman–Crippen MR) is 82.3 cm³/mol. The summed E-state index contributed by atoms with van der Waals surface area (Å²) < 4.78 is 2.38. The Kier molecular flexibility index (Phi) is 5.14. The van der Waals surface area contributed by atoms with Crippen molar-refractivity contribution in [3.63, 3.8) is 0 Å². The lowest BCUT2D eigenvalue weighted by Crippen LogP contribution is -2.13. The zero-order chi connectivity index (χ0) is 12.8. The second-order valence-electron chi connectivity index (χ2n) is 4.53. The van der Waals surface area contributed by atoms with Gasteiger partial charge in [-0.15, -0.1) is 0 Å². The maximum absolute atomic E-state index is 3.49. The third-order valence-corrected chi connectivity index (χ3v) is 3.74. The summed E-state index contributed by atoms with van der Waals surface area (Å²) in [6.45, 7) is 5.36. The van der Waals surface area contributed by atoms with Crippen LogP contribution < -0.4 is 5.32 Å². The van der Waals surface area contributed by atoms with Crippen LogP contribution in [-0.4, -0.2) is 23.1 Å². The number of aryl methyl sites for hydroxylation is 1. The molecule has 1 aromatic heterocycles. The average molecular weight is 262 g/mol. The molecule has 98 valence electrons. The highest BCUT2D eigenvalue weighted by Crippen LogP contribution is 2.21. The summed E-state index contributed by atoms with van der Waals surface area (Å²) >= 11 is 1.90. The van der Waals surface area contributed by atoms with Crippen LogP contribution in [-0.2, 0) is 13.1 Å². The molecule has 0 aliphatic carbocycles. The Morgan fingerprint density at radius 3 is 2.89 bits per heavy atom. The van der Waals surface area contributed by atoms with Gasteiger partial charge in [0.15, 0.2) is 0 Å². The van der Waals surface area contributed by atoms with E-state index in [1.54, 1.807) is 0 Å². The number of hydrogen-bond donors (Lipinski definition) is 1. The van der Waals surface area contributed by atoms with Crippen LogP contribution >= 0.6 is 11.8 Å². The van der Waals surface area contributed by atoms with E-state index in [-0.39, 0.29) is 0 Å². The minimum Gasteiger partial charge on any atom is -0.346 e. The molecule has 2 nitrogen and oxygen atoms in total. The second-order valence-corrected chi connectivity index (χ2v) is 5.52. The summed E-state index contributed by atoms with van der Waals surface area (Å²) in [5.41, 5.74) is 2.78. The minimum absolute atomic E-state index is 0.973. The molecule has 0 radical (unpaired) electrons. The standard InChI is InChI=1S/C15H22N2S/c1-3-8-16-11-13-12-17(9-10-18-2)15-7-5-4-6-14(13)15/h4-7,12,16H,3,8-11H2,1-2H3. The number of thioether (sulfide) groups is 1. The first-order valence-corrected chi connectivity index (χ1v) is 8.02. The SMILES string of the molecule is CCCNCc1cn(CCSC)c2ccccc12. The van der Waals surface area contributed by atoms with Crippen LogP contribution in [0.4, 0.5) is 0 Å². The second kappa shape index (κ2) is 6.86. The van der Waals surface area contributed by atoms with Gasteiger partial charge in [-0.1, -0.05) is 25.1 Å². The molecule has 2 rings (SSSR count). The first kappa shape index (κ1) is 13.5. The lowest BCUT2D eigenvalue weighted by molar-refractivity contribution is 0.674. The Morgan fingerprint density at radius 1 is 1.28 bits per heavy atom. The van der Waals surface area contributed by atoms with E-state index >= 15 is 0 Å². The van der Waals surface area contributed by atoms with Gasteiger partial charge in [0.1, 0.15) is 0 Å². The Bertz CT molecular complexity index is 490. The summed E-state index contributed by atoms with van der Waals surface area (Å²) in [7, 11) is 0. The normalized spacial score (nSPS) is 11.2. The molecular formula is C15H22N2S. The largest absolute Gasteiger partial charge is 0.346 e. The zero-order valence-electron chi connectivity index (χ0n) is 11.3. The lowest BCUT2D eigenvalue weighted by Gasteiger charge is -2.02. The number of nitrogens with zero attached hydrogens (tertiary/aromatic N) is 1. The summed E-state index contributed by atoms with van der Waals surface area (Å²) in [6.07, 6.45) is 5.66. The first-order chi connectivity index (χ1) is 8.86. The number of benzene rings is 1. The van der Waals surface area contributed by atoms with Crippen molar-refractivity contribution in [3.8, 4) is 0 Å². The maximum atomic E-state index is 3.49. The Balaban J connectivity index is 2.23. The number of rotatable bonds is 7. The molecule has 2 aromatic rings. The molecule has 0 saturated heterocycles. The molecule has 0 bridgehead atoms. The van der Waals surface area contributed by atoms with Crippen LogP contribution in [0.25, 0.3) is 10.9 Å². The van der Waals surface area contributed by atoms with Gasteiger partial charge in [-0.2, -0.15) is 11.8 Å². The van der Waals surface area contributed by atoms with E-state index in [0.29, 0.717) is 0 Å². The highest BCUT2D eigenvalue weighted by molar-refractivity contribution is 7.98. The molecule has 0 unspecified atom stereocenters. The highest BCUT2D eigenvalue weighted by atomic mass is 32.2. The van der Waals surface area contributed by atoms with E-state index in [9.17, 15) is 0 Å². The smallest absolute Gasteiger partial charge is 0.0483 e. The summed E-state index contributed by atoms with van der Waals surface area (Å²) in [6, 6.07) is 8.71. The van der Waals surface area contributed by atoms with E-state index in [0.717, 1.165) is 19.6 Å². The fraction of sp³-hybridized carbons (Fsp3) is 0.467. The van der Waals surface area contributed by atoms with Gasteiger partial charge in [-0.3, -0.25) is 0 Å². The molecule has 18 heavy (non-hydrogen) atoms. The molecule has 3 heteroatoms. The third-order valence-electron chi connectivity index (χ3n) is 3.15. The van der Waals surface area contributed by atoms with Crippen LogP contribution in [0.5, 0.6) is 0 Å². The third kappa shape index (κ3) is 3.09. The number of hydrogen-bond acceptors (Lipinski definition) is 2. The Morgan fingerprint density at radius 2 is 2.11 bits per heavy atom. The number of para-hydroxylation sites is 1. The first-order valence-electron chi connectivity index (χ1n) is 6.63. The Hall–Kier alpha value is -0.930. The van der Waals surface area contributed by atoms with Crippen molar-refractivity contribution in [2.75, 3.05) is 18.6 Å². The molecule has 1 aromatic carbocycles. The molecule has 0 spiro atoms. The molecule has 0 aliphatic rings. The molecule has 1 N–H and O–H groups in total. The van der Waals surface area contributed by atoms with Crippen LogP contribution in [0, 0.1) is 0 Å². The van der Waals surface area contributed by atoms with Crippen LogP contribution in [0.3, 0.4) is 0 Å². The van der Waals surface area contributed by atoms with Crippen LogP contribution in [0.1, 0.15) is 18.9 Å². The van der Waals surface area contributed by atoms with Gasteiger partial charge >= 0.3 is 0 Å². The van der Waals surface area contributed by atoms with Gasteiger partial charge < -0.3 is 9.88 Å². The van der Waals surface area contributed by atoms with Crippen molar-refractivity contribution in [1.29, 1.82) is 0 Å². The van der Waals surface area contributed by atoms with E-state index in [2.05, 4.69) is 53.5 Å². The highest BCUT2D eigenvalue weighted by Gasteiger charge is 2.06. The topological polar surface area (TPSA) is 17.0 Å². The van der Waals surface area contributed by atoms with Crippen LogP contribution in [0.15, 0.2) is 30.5 Å². The fourth-order valence-electron chi connectivity index (χ4n) is 2.24. The molecule has 0 fully saturated rings. The monoisotopic (exact) mass is 262 g/mol. The van der Waals surface area contributed by atoms with E-state index in [1.165, 1.54) is 28.6 Å². The average Bonchev–Trinajstić information content (AvgIpc) is 2.76. The predicted octanol–water partition coefficient (Wildman–Crippen LogP) is 3.50. The minimum atomic E-state index is 0.973. The Labute approximate surface area is 114 Å². The van der Waals surface area contributed by atoms with E-state index in [1.807, 2.05) is 11.8 Å².